The van der Waals surface area contributed by atoms with E-state index >= 15 is 0 Å². The van der Waals surface area contributed by atoms with Gasteiger partial charge in [-0.25, -0.2) is 0 Å². The van der Waals surface area contributed by atoms with E-state index in [9.17, 15) is 39.6 Å². The van der Waals surface area contributed by atoms with E-state index in [1.807, 2.05) is 129 Å². The van der Waals surface area contributed by atoms with Crippen molar-refractivity contribution >= 4 is 66.7 Å². The number of aliphatic hydroxyl groups is 4. The van der Waals surface area contributed by atoms with Gasteiger partial charge >= 0.3 is 0 Å². The number of nitrogens with one attached hydrogen (secondary N) is 4. The topological polar surface area (TPSA) is 291 Å². The maximum atomic E-state index is 13.4. The molecule has 4 aliphatic heterocycles. The molecule has 0 bridgehead atoms. The number of aromatic nitrogens is 8. The first-order valence-corrected chi connectivity index (χ1v) is 49.7. The third-order valence-corrected chi connectivity index (χ3v) is 27.6. The molecule has 8 N–H and O–H groups in total. The monoisotopic (exact) mass is 1910 g/mol. The Hall–Kier alpha value is -14.9. The first-order valence-electron chi connectivity index (χ1n) is 49.7. The van der Waals surface area contributed by atoms with Gasteiger partial charge in [0.25, 0.3) is 23.6 Å². The predicted octanol–water partition coefficient (Wildman–Crippen LogP) is 16.6. The number of methoxy groups -OCH3 is 1. The average Bonchev–Trinajstić information content (AvgIpc) is 1.64. The second kappa shape index (κ2) is 47.1. The number of rotatable bonds is 31. The van der Waals surface area contributed by atoms with Crippen molar-refractivity contribution in [1.82, 2.24) is 80.0 Å². The Bertz CT molecular complexity index is 7070. The zero-order valence-electron chi connectivity index (χ0n) is 81.5. The lowest BCUT2D eigenvalue weighted by Crippen LogP contribution is -2.32. The number of benzene rings is 13. The largest absolute Gasteiger partial charge is 0.497 e. The van der Waals surface area contributed by atoms with E-state index < -0.39 is 0 Å². The Kier molecular flexibility index (Phi) is 32.4. The van der Waals surface area contributed by atoms with E-state index in [-0.39, 0.29) is 50.1 Å². The minimum atomic E-state index is -0.183. The van der Waals surface area contributed by atoms with Crippen LogP contribution in [-0.2, 0) is 137 Å². The van der Waals surface area contributed by atoms with Gasteiger partial charge in [0, 0.05) is 175 Å². The number of carbonyl (C=O) groups excluding carboxylic acids is 4. The van der Waals surface area contributed by atoms with E-state index in [0.717, 1.165) is 201 Å². The maximum absolute atomic E-state index is 13.4. The van der Waals surface area contributed by atoms with Crippen LogP contribution in [0.1, 0.15) is 150 Å². The van der Waals surface area contributed by atoms with Crippen molar-refractivity contribution in [3.8, 4) is 16.9 Å². The summed E-state index contributed by atoms with van der Waals surface area (Å²) in [5.74, 6) is 0.143. The molecule has 0 radical (unpaired) electrons. The molecule has 17 aromatic rings. The Balaban J connectivity index is 0.000000126. The zero-order chi connectivity index (χ0) is 98.5. The minimum Gasteiger partial charge on any atom is -0.497 e. The zero-order valence-corrected chi connectivity index (χ0v) is 81.5. The fourth-order valence-electron chi connectivity index (χ4n) is 20.2. The molecule has 0 unspecified atom stereocenters. The second-order valence-electron chi connectivity index (χ2n) is 37.1. The van der Waals surface area contributed by atoms with Gasteiger partial charge in [-0.05, 0) is 136 Å². The molecular formula is C118H124N16O9. The van der Waals surface area contributed by atoms with Crippen LogP contribution in [0.3, 0.4) is 0 Å². The van der Waals surface area contributed by atoms with E-state index in [4.69, 9.17) is 4.74 Å². The summed E-state index contributed by atoms with van der Waals surface area (Å²) in [5, 5.41) is 78.3. The second-order valence-corrected chi connectivity index (χ2v) is 37.1. The fourth-order valence-corrected chi connectivity index (χ4v) is 20.2. The molecule has 0 saturated heterocycles. The van der Waals surface area contributed by atoms with Crippen LogP contribution < -0.4 is 26.0 Å². The highest BCUT2D eigenvalue weighted by Gasteiger charge is 2.34. The quantitative estimate of drug-likeness (QED) is 0.0200. The summed E-state index contributed by atoms with van der Waals surface area (Å²) in [6, 6.07) is 102. The van der Waals surface area contributed by atoms with Gasteiger partial charge in [0.15, 0.2) is 22.8 Å². The van der Waals surface area contributed by atoms with E-state index in [1.54, 1.807) is 11.8 Å². The molecule has 0 fully saturated rings. The van der Waals surface area contributed by atoms with Crippen molar-refractivity contribution in [3.05, 3.63) is 421 Å². The van der Waals surface area contributed by atoms with Crippen molar-refractivity contribution in [2.45, 2.75) is 151 Å². The van der Waals surface area contributed by atoms with E-state index in [0.29, 0.717) is 101 Å². The summed E-state index contributed by atoms with van der Waals surface area (Å²) in [6.07, 6.45) is 4.23. The van der Waals surface area contributed by atoms with Gasteiger partial charge in [0.1, 0.15) is 5.75 Å². The summed E-state index contributed by atoms with van der Waals surface area (Å²) >= 11 is 0. The molecule has 4 aliphatic rings. The predicted molar refractivity (Wildman–Crippen MR) is 561 cm³/mol. The maximum Gasteiger partial charge on any atom is 0.272 e. The molecule has 25 nitrogen and oxygen atoms in total. The third-order valence-electron chi connectivity index (χ3n) is 27.6. The number of aryl methyl sites for hydroxylation is 2. The number of hydrogen-bond acceptors (Lipinski definition) is 17. The highest BCUT2D eigenvalue weighted by Crippen LogP contribution is 2.34. The van der Waals surface area contributed by atoms with Crippen molar-refractivity contribution in [2.24, 2.45) is 0 Å². The van der Waals surface area contributed by atoms with Crippen LogP contribution in [0.2, 0.25) is 0 Å². The molecule has 25 heteroatoms. The summed E-state index contributed by atoms with van der Waals surface area (Å²) in [5.41, 5.74) is 24.2. The highest BCUT2D eigenvalue weighted by atomic mass is 16.5. The molecule has 8 heterocycles. The number of aliphatic hydroxyl groups excluding tert-OH is 4. The number of fused-ring (bicyclic) bond motifs is 8. The molecule has 0 saturated carbocycles. The van der Waals surface area contributed by atoms with Crippen molar-refractivity contribution in [3.63, 3.8) is 0 Å². The van der Waals surface area contributed by atoms with E-state index in [2.05, 4.69) is 257 Å². The normalized spacial score (nSPS) is 13.6. The Morgan fingerprint density at radius 3 is 0.895 bits per heavy atom. The van der Waals surface area contributed by atoms with Crippen LogP contribution in [0.5, 0.6) is 5.75 Å². The van der Waals surface area contributed by atoms with Gasteiger partial charge in [-0.3, -0.25) is 57.5 Å². The summed E-state index contributed by atoms with van der Waals surface area (Å²) in [4.78, 5) is 62.8. The minimum absolute atomic E-state index is 0.00131. The number of amides is 4. The Morgan fingerprint density at radius 1 is 0.308 bits per heavy atom. The van der Waals surface area contributed by atoms with Crippen molar-refractivity contribution in [2.75, 3.05) is 59.7 Å². The number of carbonyl (C=O) groups is 4. The lowest BCUT2D eigenvalue weighted by atomic mass is 10.0. The molecular weight excluding hydrogens is 1790 g/mol. The lowest BCUT2D eigenvalue weighted by molar-refractivity contribution is 0.0934. The smallest absolute Gasteiger partial charge is 0.272 e. The molecule has 13 aromatic carbocycles. The third kappa shape index (κ3) is 23.8. The lowest BCUT2D eigenvalue weighted by Gasteiger charge is -2.28. The van der Waals surface area contributed by atoms with Crippen LogP contribution in [0, 0.1) is 6.92 Å². The molecule has 4 amide bonds. The van der Waals surface area contributed by atoms with Crippen molar-refractivity contribution in [1.29, 1.82) is 0 Å². The fraction of sp³-hybridized carbons (Fsp3) is 0.271. The molecule has 0 aliphatic carbocycles. The first kappa shape index (κ1) is 98.3. The number of ether oxygens (including phenoxy) is 1. The van der Waals surface area contributed by atoms with Crippen LogP contribution in [-0.4, -0.2) is 162 Å². The molecule has 21 rings (SSSR count). The van der Waals surface area contributed by atoms with E-state index in [1.165, 1.54) is 44.5 Å². The van der Waals surface area contributed by atoms with Gasteiger partial charge in [0.05, 0.1) is 59.7 Å². The highest BCUT2D eigenvalue weighted by molar-refractivity contribution is 5.98. The van der Waals surface area contributed by atoms with Crippen LogP contribution in [0.15, 0.2) is 297 Å². The molecule has 143 heavy (non-hydrogen) atoms. The number of nitrogens with zero attached hydrogens (tertiary/aromatic N) is 12. The van der Waals surface area contributed by atoms with Gasteiger partial charge in [-0.2, -0.15) is 20.4 Å². The van der Waals surface area contributed by atoms with Gasteiger partial charge in [0.2, 0.25) is 0 Å². The number of hydrogen-bond donors (Lipinski definition) is 8. The summed E-state index contributed by atoms with van der Waals surface area (Å²) in [6.45, 7) is 17.0. The SMILES string of the molecule is CCc1ccc(CN2CCc3c(c(C(=O)NCc4cccc5ccccc45)nn3CCO)C2)cc1.COc1ccc(CN2CCc3c(c(C(=O)NCc4cccc5ccccc45)nn3CCO)C2)cc1.Cc1ccc(CN2CCc3c(c(C(=O)NCc4cccc5ccccc45)nn3CCO)C2)cc1.O=C(NCc1cccc2ccccc12)c1nn(CCO)c2c1CN(Cc1cccc(-c3ccccc3)c1)CC2. The van der Waals surface area contributed by atoms with Gasteiger partial charge in [-0.15, -0.1) is 0 Å². The summed E-state index contributed by atoms with van der Waals surface area (Å²) < 4.78 is 12.5. The molecule has 4 aromatic heterocycles. The van der Waals surface area contributed by atoms with Crippen molar-refractivity contribution < 1.29 is 44.3 Å². The van der Waals surface area contributed by atoms with Crippen LogP contribution >= 0.6 is 0 Å². The van der Waals surface area contributed by atoms with Gasteiger partial charge < -0.3 is 46.4 Å². The van der Waals surface area contributed by atoms with Gasteiger partial charge in [-0.1, -0.05) is 292 Å². The van der Waals surface area contributed by atoms with Crippen LogP contribution in [0.25, 0.3) is 54.2 Å². The molecule has 0 spiro atoms. The molecule has 730 valence electrons. The molecule has 0 atom stereocenters. The average molecular weight is 1910 g/mol. The Morgan fingerprint density at radius 2 is 0.580 bits per heavy atom. The first-order chi connectivity index (χ1) is 70.1. The van der Waals surface area contributed by atoms with Crippen LogP contribution in [0.4, 0.5) is 0 Å². The standard InChI is InChI=1S/C33H32N4O2.C29H32N4O2.C28H30N4O3.C28H30N4O2/c38-19-18-37-31-16-17-36(22-24-8-6-13-27(20-24)25-9-2-1-3-10-25)23-30(31)32(35-37)33(39)34-21-28-14-7-12-26-11-4-5-15-29(26)28;1-2-21-10-12-22(13-11-21)19-32-15-14-27-26(20-32)28(31-33(27)16-17-34)29(35)30-18-24-8-5-7-23-6-3-4-9-25(23)24;1-35-23-11-9-20(10-12-23)18-31-14-13-26-25(19-31)27(30-32(26)15-16-33)28(34)29-17-22-7-4-6-21-5-2-3-8-24(21)22;1-20-9-11-21(12-10-20)18-31-14-13-26-25(19-31)27(30-32(26)15-16-33)28(34)29-17-23-7-4-6-22-5-2-3-8-24(22)23/h1-15,20,38H,16-19,21-23H2,(H,34,39);3-13,34H,2,14-20H2,1H3,(H,30,35);2-12,33H,13-19H2,1H3,(H,29,34);2-12,33H,13-19H2,1H3,(H,29,34). The summed E-state index contributed by atoms with van der Waals surface area (Å²) in [7, 11) is 1.66. The Labute approximate surface area is 834 Å².